The number of aromatic amines is 1. The number of fused-ring (bicyclic) bond motifs is 3. The number of carboxylic acids is 1. The third-order valence-corrected chi connectivity index (χ3v) is 4.09. The highest BCUT2D eigenvalue weighted by molar-refractivity contribution is 7.18. The zero-order chi connectivity index (χ0) is 14.1. The van der Waals surface area contributed by atoms with Crippen molar-refractivity contribution in [2.24, 2.45) is 0 Å². The minimum atomic E-state index is -1.06. The second kappa shape index (κ2) is 5.31. The molecule has 1 aliphatic heterocycles. The first-order chi connectivity index (χ1) is 9.65. The van der Waals surface area contributed by atoms with Gasteiger partial charge < -0.3 is 19.6 Å². The lowest BCUT2D eigenvalue weighted by atomic mass is 10.1. The van der Waals surface area contributed by atoms with Crippen molar-refractivity contribution in [3.8, 4) is 0 Å². The summed E-state index contributed by atoms with van der Waals surface area (Å²) in [5.41, 5.74) is 0.811. The van der Waals surface area contributed by atoms with Crippen molar-refractivity contribution in [1.29, 1.82) is 0 Å². The van der Waals surface area contributed by atoms with Crippen molar-refractivity contribution in [3.63, 3.8) is 0 Å². The zero-order valence-electron chi connectivity index (χ0n) is 10.5. The fraction of sp³-hybridized carbons (Fsp3) is 0.417. The van der Waals surface area contributed by atoms with Crippen LogP contribution in [-0.4, -0.2) is 34.3 Å². The highest BCUT2D eigenvalue weighted by Crippen LogP contribution is 2.31. The summed E-state index contributed by atoms with van der Waals surface area (Å²) in [6.07, 6.45) is 0.717. The lowest BCUT2D eigenvalue weighted by Gasteiger charge is -2.10. The van der Waals surface area contributed by atoms with Gasteiger partial charge in [0.05, 0.1) is 18.6 Å². The average Bonchev–Trinajstić information content (AvgIpc) is 2.76. The number of aliphatic carboxylic acids is 1. The number of carbonyl (C=O) groups is 1. The van der Waals surface area contributed by atoms with Crippen LogP contribution in [0.15, 0.2) is 4.79 Å². The molecule has 2 aromatic rings. The van der Waals surface area contributed by atoms with Crippen LogP contribution in [0.2, 0.25) is 0 Å². The molecule has 0 aliphatic carbocycles. The zero-order valence-corrected chi connectivity index (χ0v) is 11.3. The summed E-state index contributed by atoms with van der Waals surface area (Å²) in [5, 5.41) is 9.12. The fourth-order valence-electron chi connectivity index (χ4n) is 2.18. The van der Waals surface area contributed by atoms with Gasteiger partial charge in [-0.05, 0) is 12.0 Å². The molecule has 2 aromatic heterocycles. The summed E-state index contributed by atoms with van der Waals surface area (Å²) >= 11 is 1.44. The Morgan fingerprint density at radius 1 is 1.55 bits per heavy atom. The molecule has 0 amide bonds. The highest BCUT2D eigenvalue weighted by atomic mass is 32.1. The fourth-order valence-corrected chi connectivity index (χ4v) is 3.36. The summed E-state index contributed by atoms with van der Waals surface area (Å²) in [6.45, 7) is 0.676. The number of ether oxygens (including phenoxy) is 2. The third-order valence-electron chi connectivity index (χ3n) is 2.99. The lowest BCUT2D eigenvalue weighted by Crippen LogP contribution is -2.16. The van der Waals surface area contributed by atoms with Gasteiger partial charge in [0.1, 0.15) is 23.9 Å². The quantitative estimate of drug-likeness (QED) is 0.859. The van der Waals surface area contributed by atoms with Gasteiger partial charge in [0.15, 0.2) is 0 Å². The van der Waals surface area contributed by atoms with E-state index < -0.39 is 12.6 Å². The maximum Gasteiger partial charge on any atom is 0.329 e. The van der Waals surface area contributed by atoms with Crippen molar-refractivity contribution in [2.75, 3.05) is 13.2 Å². The lowest BCUT2D eigenvalue weighted by molar-refractivity contribution is -0.142. The largest absolute Gasteiger partial charge is 0.480 e. The number of carboxylic acid groups (broad SMARTS) is 1. The van der Waals surface area contributed by atoms with E-state index >= 15 is 0 Å². The van der Waals surface area contributed by atoms with E-state index in [9.17, 15) is 9.59 Å². The Hall–Kier alpha value is -1.77. The van der Waals surface area contributed by atoms with E-state index in [2.05, 4.69) is 9.97 Å². The maximum atomic E-state index is 12.1. The molecule has 0 atom stereocenters. The van der Waals surface area contributed by atoms with Crippen molar-refractivity contribution in [3.05, 3.63) is 26.6 Å². The van der Waals surface area contributed by atoms with Crippen molar-refractivity contribution >= 4 is 27.5 Å². The number of hydrogen-bond acceptors (Lipinski definition) is 6. The second-order valence-corrected chi connectivity index (χ2v) is 5.47. The number of H-pyrrole nitrogens is 1. The predicted octanol–water partition coefficient (Wildman–Crippen LogP) is 0.658. The van der Waals surface area contributed by atoms with Crippen LogP contribution in [0.3, 0.4) is 0 Å². The first-order valence-electron chi connectivity index (χ1n) is 6.06. The topological polar surface area (TPSA) is 102 Å². The number of nitrogens with zero attached hydrogens (tertiary/aromatic N) is 1. The number of rotatable bonds is 4. The normalized spacial score (nSPS) is 14.4. The SMILES string of the molecule is O=C(O)COCc1nc2sc3c(c2c(=O)[nH]1)CCOC3. The van der Waals surface area contributed by atoms with Crippen molar-refractivity contribution in [2.45, 2.75) is 19.6 Å². The molecule has 106 valence electrons. The average molecular weight is 296 g/mol. The molecule has 0 fully saturated rings. The Morgan fingerprint density at radius 3 is 3.20 bits per heavy atom. The van der Waals surface area contributed by atoms with E-state index in [1.54, 1.807) is 0 Å². The Bertz CT molecular complexity index is 720. The van der Waals surface area contributed by atoms with Crippen LogP contribution in [0.4, 0.5) is 0 Å². The highest BCUT2D eigenvalue weighted by Gasteiger charge is 2.20. The van der Waals surface area contributed by atoms with Gasteiger partial charge in [-0.1, -0.05) is 0 Å². The van der Waals surface area contributed by atoms with E-state index in [0.29, 0.717) is 29.3 Å². The number of thiophene rings is 1. The van der Waals surface area contributed by atoms with E-state index in [-0.39, 0.29) is 12.2 Å². The predicted molar refractivity (Wildman–Crippen MR) is 70.9 cm³/mol. The Morgan fingerprint density at radius 2 is 2.40 bits per heavy atom. The summed E-state index contributed by atoms with van der Waals surface area (Å²) in [7, 11) is 0. The van der Waals surface area contributed by atoms with Gasteiger partial charge >= 0.3 is 5.97 Å². The molecule has 0 bridgehead atoms. The van der Waals surface area contributed by atoms with E-state index in [1.807, 2.05) is 0 Å². The Balaban J connectivity index is 1.94. The first-order valence-corrected chi connectivity index (χ1v) is 6.87. The summed E-state index contributed by atoms with van der Waals surface area (Å²) in [6, 6.07) is 0. The van der Waals surface area contributed by atoms with Crippen LogP contribution in [0.5, 0.6) is 0 Å². The molecule has 1 aliphatic rings. The molecular weight excluding hydrogens is 284 g/mol. The number of hydrogen-bond donors (Lipinski definition) is 2. The molecule has 20 heavy (non-hydrogen) atoms. The van der Waals surface area contributed by atoms with Crippen LogP contribution in [0, 0.1) is 0 Å². The van der Waals surface area contributed by atoms with Gasteiger partial charge in [0, 0.05) is 4.88 Å². The first kappa shape index (κ1) is 13.2. The van der Waals surface area contributed by atoms with Crippen LogP contribution in [0.1, 0.15) is 16.3 Å². The smallest absolute Gasteiger partial charge is 0.329 e. The van der Waals surface area contributed by atoms with Crippen LogP contribution < -0.4 is 5.56 Å². The van der Waals surface area contributed by atoms with Crippen LogP contribution in [0.25, 0.3) is 10.2 Å². The monoisotopic (exact) mass is 296 g/mol. The summed E-state index contributed by atoms with van der Waals surface area (Å²) in [4.78, 5) is 31.2. The third kappa shape index (κ3) is 2.45. The number of nitrogens with one attached hydrogen (secondary N) is 1. The van der Waals surface area contributed by atoms with E-state index in [4.69, 9.17) is 14.6 Å². The minimum absolute atomic E-state index is 0.0312. The second-order valence-electron chi connectivity index (χ2n) is 4.39. The van der Waals surface area contributed by atoms with Gasteiger partial charge in [-0.3, -0.25) is 4.79 Å². The molecule has 0 saturated heterocycles. The minimum Gasteiger partial charge on any atom is -0.480 e. The van der Waals surface area contributed by atoms with Gasteiger partial charge in [0.2, 0.25) is 0 Å². The molecular formula is C12H12N2O5S. The molecule has 3 rings (SSSR count). The molecule has 0 radical (unpaired) electrons. The van der Waals surface area contributed by atoms with Gasteiger partial charge in [-0.15, -0.1) is 11.3 Å². The van der Waals surface area contributed by atoms with E-state index in [1.165, 1.54) is 11.3 Å². The molecule has 3 heterocycles. The molecule has 7 nitrogen and oxygen atoms in total. The summed E-state index contributed by atoms with van der Waals surface area (Å²) < 4.78 is 10.3. The standard InChI is InChI=1S/C12H12N2O5S/c15-9(16)5-19-4-8-13-11(17)10-6-1-2-18-3-7(6)20-12(10)14-8/h1-5H2,(H,15,16)(H,13,14,17). The molecule has 8 heteroatoms. The Labute approximate surface area is 117 Å². The van der Waals surface area contributed by atoms with Crippen molar-refractivity contribution < 1.29 is 19.4 Å². The molecule has 0 spiro atoms. The van der Waals surface area contributed by atoms with Gasteiger partial charge in [-0.2, -0.15) is 0 Å². The number of aromatic nitrogens is 2. The summed E-state index contributed by atoms with van der Waals surface area (Å²) in [5.74, 6) is -0.722. The van der Waals surface area contributed by atoms with Crippen LogP contribution in [-0.2, 0) is 33.9 Å². The molecule has 0 unspecified atom stereocenters. The molecule has 2 N–H and O–H groups in total. The van der Waals surface area contributed by atoms with Crippen LogP contribution >= 0.6 is 11.3 Å². The van der Waals surface area contributed by atoms with Crippen molar-refractivity contribution in [1.82, 2.24) is 9.97 Å². The van der Waals surface area contributed by atoms with Gasteiger partial charge in [-0.25, -0.2) is 9.78 Å². The molecule has 0 aromatic carbocycles. The Kier molecular flexibility index (Phi) is 3.51. The van der Waals surface area contributed by atoms with E-state index in [0.717, 1.165) is 16.9 Å². The molecule has 0 saturated carbocycles. The van der Waals surface area contributed by atoms with Gasteiger partial charge in [0.25, 0.3) is 5.56 Å². The maximum absolute atomic E-state index is 12.1.